The third kappa shape index (κ3) is 2.86. The highest BCUT2D eigenvalue weighted by Gasteiger charge is 2.23. The predicted molar refractivity (Wildman–Crippen MR) is 74.0 cm³/mol. The Hall–Kier alpha value is -1.02. The van der Waals surface area contributed by atoms with Crippen molar-refractivity contribution in [3.05, 3.63) is 28.8 Å². The number of rotatable bonds is 4. The molecule has 1 aliphatic rings. The zero-order chi connectivity index (χ0) is 13.1. The molecule has 1 aromatic carbocycles. The summed E-state index contributed by atoms with van der Waals surface area (Å²) in [6.07, 6.45) is 5.67. The predicted octanol–water partition coefficient (Wildman–Crippen LogP) is 3.93. The Morgan fingerprint density at radius 3 is 2.56 bits per heavy atom. The van der Waals surface area contributed by atoms with E-state index in [9.17, 15) is 5.11 Å². The van der Waals surface area contributed by atoms with E-state index in [4.69, 9.17) is 4.74 Å². The lowest BCUT2D eigenvalue weighted by Crippen LogP contribution is -2.08. The highest BCUT2D eigenvalue weighted by atomic mass is 16.5. The summed E-state index contributed by atoms with van der Waals surface area (Å²) in [5.74, 6) is 1.52. The van der Waals surface area contributed by atoms with Crippen LogP contribution in [0.15, 0.2) is 12.1 Å². The van der Waals surface area contributed by atoms with Gasteiger partial charge in [-0.15, -0.1) is 0 Å². The molecule has 2 heteroatoms. The number of aryl methyl sites for hydroxylation is 2. The van der Waals surface area contributed by atoms with Gasteiger partial charge in [-0.3, -0.25) is 0 Å². The Kier molecular flexibility index (Phi) is 4.28. The van der Waals surface area contributed by atoms with E-state index < -0.39 is 0 Å². The molecule has 1 aliphatic carbocycles. The number of aliphatic hydroxyl groups excluding tert-OH is 1. The fourth-order valence-electron chi connectivity index (χ4n) is 3.22. The maximum Gasteiger partial charge on any atom is 0.125 e. The van der Waals surface area contributed by atoms with Crippen LogP contribution in [0.25, 0.3) is 0 Å². The minimum absolute atomic E-state index is 0.386. The largest absolute Gasteiger partial charge is 0.496 e. The third-order valence-corrected chi connectivity index (χ3v) is 4.08. The van der Waals surface area contributed by atoms with Gasteiger partial charge < -0.3 is 9.84 Å². The van der Waals surface area contributed by atoms with Crippen molar-refractivity contribution in [3.63, 3.8) is 0 Å². The van der Waals surface area contributed by atoms with Gasteiger partial charge in [0.05, 0.1) is 13.2 Å². The zero-order valence-corrected chi connectivity index (χ0v) is 11.7. The lowest BCUT2D eigenvalue weighted by Gasteiger charge is -2.20. The summed E-state index contributed by atoms with van der Waals surface area (Å²) < 4.78 is 5.43. The first kappa shape index (κ1) is 13.4. The van der Waals surface area contributed by atoms with Crippen LogP contribution >= 0.6 is 0 Å². The van der Waals surface area contributed by atoms with E-state index >= 15 is 0 Å². The summed E-state index contributed by atoms with van der Waals surface area (Å²) in [5, 5.41) is 10.5. The van der Waals surface area contributed by atoms with Crippen molar-refractivity contribution in [2.45, 2.75) is 52.1 Å². The molecule has 0 aromatic heterocycles. The number of benzene rings is 1. The minimum Gasteiger partial charge on any atom is -0.496 e. The number of aliphatic hydroxyl groups is 1. The summed E-state index contributed by atoms with van der Waals surface area (Å²) >= 11 is 0. The van der Waals surface area contributed by atoms with Crippen molar-refractivity contribution in [3.8, 4) is 5.75 Å². The van der Waals surface area contributed by atoms with Gasteiger partial charge in [0.15, 0.2) is 0 Å². The molecule has 1 fully saturated rings. The van der Waals surface area contributed by atoms with Crippen LogP contribution in [0.4, 0.5) is 0 Å². The van der Waals surface area contributed by atoms with E-state index in [0.717, 1.165) is 23.3 Å². The smallest absolute Gasteiger partial charge is 0.125 e. The van der Waals surface area contributed by atoms with E-state index in [1.165, 1.54) is 31.2 Å². The van der Waals surface area contributed by atoms with E-state index in [2.05, 4.69) is 19.9 Å². The first-order valence-electron chi connectivity index (χ1n) is 6.95. The van der Waals surface area contributed by atoms with Crippen molar-refractivity contribution in [1.29, 1.82) is 0 Å². The van der Waals surface area contributed by atoms with Crippen molar-refractivity contribution in [1.82, 2.24) is 0 Å². The molecular formula is C16H24O2. The minimum atomic E-state index is -0.386. The highest BCUT2D eigenvalue weighted by molar-refractivity contribution is 5.44. The Bertz CT molecular complexity index is 406. The van der Waals surface area contributed by atoms with E-state index in [1.54, 1.807) is 7.11 Å². The molecule has 0 bridgehead atoms. The fourth-order valence-corrected chi connectivity index (χ4v) is 3.22. The molecule has 1 saturated carbocycles. The second-order valence-electron chi connectivity index (χ2n) is 5.60. The third-order valence-electron chi connectivity index (χ3n) is 4.08. The highest BCUT2D eigenvalue weighted by Crippen LogP contribution is 2.37. The van der Waals surface area contributed by atoms with Gasteiger partial charge >= 0.3 is 0 Å². The summed E-state index contributed by atoms with van der Waals surface area (Å²) in [6.45, 7) is 4.12. The number of hydrogen-bond acceptors (Lipinski definition) is 2. The Balaban J connectivity index is 2.20. The van der Waals surface area contributed by atoms with Crippen LogP contribution in [0.2, 0.25) is 0 Å². The van der Waals surface area contributed by atoms with Gasteiger partial charge in [0, 0.05) is 5.56 Å². The molecule has 2 rings (SSSR count). The van der Waals surface area contributed by atoms with Crippen LogP contribution in [0, 0.1) is 19.8 Å². The van der Waals surface area contributed by atoms with Crippen molar-refractivity contribution < 1.29 is 9.84 Å². The lowest BCUT2D eigenvalue weighted by molar-refractivity contribution is 0.140. The number of ether oxygens (including phenoxy) is 1. The van der Waals surface area contributed by atoms with Gasteiger partial charge in [0.1, 0.15) is 5.75 Å². The Labute approximate surface area is 110 Å². The van der Waals surface area contributed by atoms with Crippen LogP contribution < -0.4 is 4.74 Å². The van der Waals surface area contributed by atoms with Gasteiger partial charge in [-0.2, -0.15) is 0 Å². The molecular weight excluding hydrogens is 224 g/mol. The van der Waals surface area contributed by atoms with E-state index in [-0.39, 0.29) is 6.10 Å². The van der Waals surface area contributed by atoms with E-state index in [0.29, 0.717) is 5.92 Å². The van der Waals surface area contributed by atoms with Crippen LogP contribution in [-0.4, -0.2) is 12.2 Å². The summed E-state index contributed by atoms with van der Waals surface area (Å²) in [5.41, 5.74) is 3.30. The summed E-state index contributed by atoms with van der Waals surface area (Å²) in [6, 6.07) is 4.13. The molecule has 0 saturated heterocycles. The zero-order valence-electron chi connectivity index (χ0n) is 11.7. The fraction of sp³-hybridized carbons (Fsp3) is 0.625. The lowest BCUT2D eigenvalue weighted by atomic mass is 9.92. The van der Waals surface area contributed by atoms with Gasteiger partial charge in [-0.25, -0.2) is 0 Å². The van der Waals surface area contributed by atoms with Crippen LogP contribution in [0.5, 0.6) is 5.75 Å². The number of methoxy groups -OCH3 is 1. The molecule has 0 heterocycles. The average Bonchev–Trinajstić information content (AvgIpc) is 2.80. The maximum absolute atomic E-state index is 10.5. The topological polar surface area (TPSA) is 29.5 Å². The Morgan fingerprint density at radius 2 is 1.94 bits per heavy atom. The maximum atomic E-state index is 10.5. The summed E-state index contributed by atoms with van der Waals surface area (Å²) in [4.78, 5) is 0. The normalized spacial score (nSPS) is 18.0. The van der Waals surface area contributed by atoms with Gasteiger partial charge in [-0.1, -0.05) is 31.7 Å². The molecule has 1 N–H and O–H groups in total. The first-order valence-corrected chi connectivity index (χ1v) is 6.95. The van der Waals surface area contributed by atoms with Crippen molar-refractivity contribution in [2.24, 2.45) is 5.92 Å². The molecule has 0 spiro atoms. The molecule has 1 atom stereocenters. The average molecular weight is 248 g/mol. The molecule has 1 aromatic rings. The molecule has 0 amide bonds. The first-order chi connectivity index (χ1) is 8.61. The summed E-state index contributed by atoms with van der Waals surface area (Å²) in [7, 11) is 1.68. The molecule has 0 radical (unpaired) electrons. The second-order valence-corrected chi connectivity index (χ2v) is 5.60. The van der Waals surface area contributed by atoms with Crippen LogP contribution in [0.3, 0.4) is 0 Å². The van der Waals surface area contributed by atoms with Crippen LogP contribution in [-0.2, 0) is 0 Å². The molecule has 2 nitrogen and oxygen atoms in total. The van der Waals surface area contributed by atoms with Crippen molar-refractivity contribution >= 4 is 0 Å². The van der Waals surface area contributed by atoms with E-state index in [1.807, 2.05) is 6.07 Å². The SMILES string of the molecule is COc1cc(C)cc(C)c1C(O)CC1CCCC1. The molecule has 18 heavy (non-hydrogen) atoms. The monoisotopic (exact) mass is 248 g/mol. The molecule has 0 aliphatic heterocycles. The van der Waals surface area contributed by atoms with Gasteiger partial charge in [0.25, 0.3) is 0 Å². The Morgan fingerprint density at radius 1 is 1.28 bits per heavy atom. The number of hydrogen-bond donors (Lipinski definition) is 1. The second kappa shape index (κ2) is 5.75. The van der Waals surface area contributed by atoms with Crippen molar-refractivity contribution in [2.75, 3.05) is 7.11 Å². The molecule has 1 unspecified atom stereocenters. The van der Waals surface area contributed by atoms with Gasteiger partial charge in [0.2, 0.25) is 0 Å². The molecule has 100 valence electrons. The standard InChI is InChI=1S/C16H24O2/c1-11-8-12(2)16(15(9-11)18-3)14(17)10-13-6-4-5-7-13/h8-9,13-14,17H,4-7,10H2,1-3H3. The quantitative estimate of drug-likeness (QED) is 0.875. The van der Waals surface area contributed by atoms with Crippen LogP contribution in [0.1, 0.15) is 54.9 Å². The van der Waals surface area contributed by atoms with Gasteiger partial charge in [-0.05, 0) is 43.4 Å².